The summed E-state index contributed by atoms with van der Waals surface area (Å²) in [7, 11) is -1.54. The molecule has 1 N–H and O–H groups in total. The van der Waals surface area contributed by atoms with Crippen molar-refractivity contribution in [2.24, 2.45) is 0 Å². The van der Waals surface area contributed by atoms with Gasteiger partial charge in [0.15, 0.2) is 0 Å². The molecule has 0 aliphatic carbocycles. The zero-order chi connectivity index (χ0) is 11.8. The summed E-state index contributed by atoms with van der Waals surface area (Å²) in [5.74, 6) is 0. The molecule has 0 aromatic carbocycles. The summed E-state index contributed by atoms with van der Waals surface area (Å²) in [6.07, 6.45) is 1.94. The first-order valence-electron chi connectivity index (χ1n) is 5.29. The van der Waals surface area contributed by atoms with E-state index >= 15 is 0 Å². The molecule has 0 amide bonds. The summed E-state index contributed by atoms with van der Waals surface area (Å²) in [4.78, 5) is 0. The van der Waals surface area contributed by atoms with Crippen LogP contribution in [-0.4, -0.2) is 18.8 Å². The van der Waals surface area contributed by atoms with E-state index < -0.39 is 13.7 Å². The lowest BCUT2D eigenvalue weighted by Gasteiger charge is -2.46. The van der Waals surface area contributed by atoms with Crippen LogP contribution < -0.4 is 0 Å². The van der Waals surface area contributed by atoms with Gasteiger partial charge >= 0.3 is 0 Å². The van der Waals surface area contributed by atoms with E-state index in [4.69, 9.17) is 0 Å². The van der Waals surface area contributed by atoms with Crippen molar-refractivity contribution >= 4 is 8.07 Å². The highest BCUT2D eigenvalue weighted by molar-refractivity contribution is 6.82. The Balaban J connectivity index is 5.15. The molecule has 1 unspecified atom stereocenters. The molecule has 0 fully saturated rings. The van der Waals surface area contributed by atoms with Gasteiger partial charge in [-0.2, -0.15) is 0 Å². The molecule has 0 saturated heterocycles. The SMILES string of the molecule is C=CC(C(C)(C)O)[Si](C)(C)C(C)(C)C. The summed E-state index contributed by atoms with van der Waals surface area (Å²) in [5.41, 5.74) is -0.417. The van der Waals surface area contributed by atoms with Crippen molar-refractivity contribution in [1.82, 2.24) is 0 Å². The molecular weight excluding hydrogens is 188 g/mol. The Bertz CT molecular complexity index is 205. The fourth-order valence-electron chi connectivity index (χ4n) is 1.93. The molecule has 0 bridgehead atoms. The summed E-state index contributed by atoms with van der Waals surface area (Å²) in [6.45, 7) is 19.1. The molecule has 0 saturated carbocycles. The highest BCUT2D eigenvalue weighted by Gasteiger charge is 2.46. The van der Waals surface area contributed by atoms with Crippen molar-refractivity contribution in [3.63, 3.8) is 0 Å². The molecule has 1 atom stereocenters. The van der Waals surface area contributed by atoms with Crippen molar-refractivity contribution in [3.05, 3.63) is 12.7 Å². The van der Waals surface area contributed by atoms with Gasteiger partial charge in [-0.25, -0.2) is 0 Å². The minimum atomic E-state index is -1.54. The van der Waals surface area contributed by atoms with Crippen molar-refractivity contribution in [2.75, 3.05) is 0 Å². The van der Waals surface area contributed by atoms with Gasteiger partial charge < -0.3 is 5.11 Å². The van der Waals surface area contributed by atoms with Crippen LogP contribution in [0.15, 0.2) is 12.7 Å². The van der Waals surface area contributed by atoms with Crippen LogP contribution in [0.2, 0.25) is 23.7 Å². The van der Waals surface area contributed by atoms with E-state index in [2.05, 4.69) is 40.4 Å². The molecule has 0 heterocycles. The second kappa shape index (κ2) is 3.82. The minimum Gasteiger partial charge on any atom is -0.390 e. The van der Waals surface area contributed by atoms with E-state index in [9.17, 15) is 5.11 Å². The average molecular weight is 214 g/mol. The van der Waals surface area contributed by atoms with Gasteiger partial charge in [0.05, 0.1) is 13.7 Å². The zero-order valence-corrected chi connectivity index (χ0v) is 11.8. The fraction of sp³-hybridized carbons (Fsp3) is 0.833. The third kappa shape index (κ3) is 2.70. The summed E-state index contributed by atoms with van der Waals surface area (Å²) in [5, 5.41) is 10.4. The Hall–Kier alpha value is -0.0831. The van der Waals surface area contributed by atoms with Gasteiger partial charge in [0, 0.05) is 5.54 Å². The Morgan fingerprint density at radius 1 is 1.14 bits per heavy atom. The first kappa shape index (κ1) is 13.9. The largest absolute Gasteiger partial charge is 0.390 e. The molecule has 0 radical (unpaired) electrons. The van der Waals surface area contributed by atoms with E-state index in [1.165, 1.54) is 0 Å². The van der Waals surface area contributed by atoms with Crippen LogP contribution in [0.1, 0.15) is 34.6 Å². The third-order valence-electron chi connectivity index (χ3n) is 3.71. The third-order valence-corrected chi connectivity index (χ3v) is 10.1. The lowest BCUT2D eigenvalue weighted by Crippen LogP contribution is -2.49. The summed E-state index contributed by atoms with van der Waals surface area (Å²) in [6, 6.07) is 0. The van der Waals surface area contributed by atoms with Crippen molar-refractivity contribution in [1.29, 1.82) is 0 Å². The molecule has 0 aromatic rings. The molecule has 0 aromatic heterocycles. The van der Waals surface area contributed by atoms with E-state index in [0.717, 1.165) is 0 Å². The number of hydrogen-bond acceptors (Lipinski definition) is 1. The quantitative estimate of drug-likeness (QED) is 0.559. The highest BCUT2D eigenvalue weighted by atomic mass is 28.3. The predicted octanol–water partition coefficient (Wildman–Crippen LogP) is 3.82. The second-order valence-electron chi connectivity index (χ2n) is 6.34. The van der Waals surface area contributed by atoms with Gasteiger partial charge in [-0.3, -0.25) is 0 Å². The molecule has 0 spiro atoms. The fourth-order valence-corrected chi connectivity index (χ4v) is 5.22. The first-order valence-corrected chi connectivity index (χ1v) is 8.37. The maximum Gasteiger partial charge on any atom is 0.0633 e. The molecule has 0 aliphatic heterocycles. The van der Waals surface area contributed by atoms with Crippen LogP contribution in [0.3, 0.4) is 0 Å². The molecular formula is C12H26OSi. The van der Waals surface area contributed by atoms with Gasteiger partial charge in [-0.15, -0.1) is 6.58 Å². The highest BCUT2D eigenvalue weighted by Crippen LogP contribution is 2.48. The van der Waals surface area contributed by atoms with Crippen LogP contribution in [0.4, 0.5) is 0 Å². The Morgan fingerprint density at radius 3 is 1.57 bits per heavy atom. The number of aliphatic hydroxyl groups is 1. The number of hydrogen-bond donors (Lipinski definition) is 1. The molecule has 14 heavy (non-hydrogen) atoms. The van der Waals surface area contributed by atoms with Crippen LogP contribution in [0.25, 0.3) is 0 Å². The Kier molecular flexibility index (Phi) is 3.80. The van der Waals surface area contributed by atoms with E-state index in [-0.39, 0.29) is 10.6 Å². The molecule has 0 rings (SSSR count). The topological polar surface area (TPSA) is 20.2 Å². The van der Waals surface area contributed by atoms with Crippen molar-refractivity contribution in [2.45, 2.75) is 63.9 Å². The Labute approximate surface area is 90.2 Å². The van der Waals surface area contributed by atoms with Crippen molar-refractivity contribution in [3.8, 4) is 0 Å². The second-order valence-corrected chi connectivity index (χ2v) is 11.9. The van der Waals surface area contributed by atoms with Gasteiger partial charge in [-0.05, 0) is 18.9 Å². The molecule has 84 valence electrons. The van der Waals surface area contributed by atoms with Crippen LogP contribution in [0, 0.1) is 0 Å². The molecule has 2 heteroatoms. The number of rotatable bonds is 3. The van der Waals surface area contributed by atoms with Crippen LogP contribution in [0.5, 0.6) is 0 Å². The van der Waals surface area contributed by atoms with Gasteiger partial charge in [0.2, 0.25) is 0 Å². The lowest BCUT2D eigenvalue weighted by atomic mass is 10.1. The first-order chi connectivity index (χ1) is 5.94. The maximum absolute atomic E-state index is 10.1. The Morgan fingerprint density at radius 2 is 1.50 bits per heavy atom. The average Bonchev–Trinajstić information content (AvgIpc) is 1.80. The normalized spacial score (nSPS) is 16.6. The van der Waals surface area contributed by atoms with Gasteiger partial charge in [-0.1, -0.05) is 39.9 Å². The van der Waals surface area contributed by atoms with Crippen LogP contribution >= 0.6 is 0 Å². The predicted molar refractivity (Wildman–Crippen MR) is 67.4 cm³/mol. The minimum absolute atomic E-state index is 0.231. The van der Waals surface area contributed by atoms with E-state index in [1.54, 1.807) is 0 Å². The molecule has 0 aliphatic rings. The van der Waals surface area contributed by atoms with Gasteiger partial charge in [0.1, 0.15) is 0 Å². The standard InChI is InChI=1S/C12H26OSi/c1-9-10(12(5,6)13)14(7,8)11(2,3)4/h9-10,13H,1H2,2-8H3. The van der Waals surface area contributed by atoms with E-state index in [0.29, 0.717) is 0 Å². The zero-order valence-electron chi connectivity index (χ0n) is 10.8. The maximum atomic E-state index is 10.1. The van der Waals surface area contributed by atoms with Gasteiger partial charge in [0.25, 0.3) is 0 Å². The van der Waals surface area contributed by atoms with Crippen LogP contribution in [-0.2, 0) is 0 Å². The van der Waals surface area contributed by atoms with Crippen molar-refractivity contribution < 1.29 is 5.11 Å². The lowest BCUT2D eigenvalue weighted by molar-refractivity contribution is 0.0807. The molecule has 1 nitrogen and oxygen atoms in total. The smallest absolute Gasteiger partial charge is 0.0633 e. The van der Waals surface area contributed by atoms with E-state index in [1.807, 2.05) is 19.9 Å². The summed E-state index contributed by atoms with van der Waals surface area (Å²) < 4.78 is 0. The monoisotopic (exact) mass is 214 g/mol. The summed E-state index contributed by atoms with van der Waals surface area (Å²) >= 11 is 0.